The molecule has 0 saturated heterocycles. The molecule has 0 aromatic heterocycles. The Hall–Kier alpha value is -1.52. The van der Waals surface area contributed by atoms with Gasteiger partial charge in [-0.05, 0) is 38.0 Å². The Morgan fingerprint density at radius 1 is 1.33 bits per heavy atom. The van der Waals surface area contributed by atoms with Crippen LogP contribution in [0, 0.1) is 0 Å². The van der Waals surface area contributed by atoms with Gasteiger partial charge in [0.2, 0.25) is 5.91 Å². The van der Waals surface area contributed by atoms with Crippen LogP contribution in [-0.4, -0.2) is 23.0 Å². The van der Waals surface area contributed by atoms with E-state index in [1.807, 2.05) is 6.92 Å². The molecule has 1 aromatic rings. The summed E-state index contributed by atoms with van der Waals surface area (Å²) >= 11 is 12.0. The van der Waals surface area contributed by atoms with Crippen molar-refractivity contribution in [2.45, 2.75) is 32.2 Å². The number of carboxylic acid groups (broad SMARTS) is 1. The molecule has 21 heavy (non-hydrogen) atoms. The van der Waals surface area contributed by atoms with Crippen molar-refractivity contribution in [1.82, 2.24) is 5.32 Å². The Balaban J connectivity index is 2.49. The minimum Gasteiger partial charge on any atom is -0.481 e. The van der Waals surface area contributed by atoms with Crippen molar-refractivity contribution < 1.29 is 14.7 Å². The molecule has 0 heterocycles. The fraction of sp³-hybridized carbons (Fsp3) is 0.333. The fourth-order valence-corrected chi connectivity index (χ4v) is 2.27. The number of carbonyl (C=O) groups is 2. The molecule has 1 rings (SSSR count). The summed E-state index contributed by atoms with van der Waals surface area (Å²) in [6, 6.07) is 5.02. The average molecular weight is 330 g/mol. The van der Waals surface area contributed by atoms with Crippen LogP contribution in [0.4, 0.5) is 0 Å². The number of hydrogen-bond donors (Lipinski definition) is 2. The molecule has 6 heteroatoms. The van der Waals surface area contributed by atoms with E-state index in [1.165, 1.54) is 6.08 Å². The third-order valence-electron chi connectivity index (χ3n) is 2.82. The van der Waals surface area contributed by atoms with Crippen molar-refractivity contribution in [2.24, 2.45) is 0 Å². The first-order valence-corrected chi connectivity index (χ1v) is 7.30. The van der Waals surface area contributed by atoms with Gasteiger partial charge in [0.1, 0.15) is 0 Å². The van der Waals surface area contributed by atoms with Gasteiger partial charge < -0.3 is 10.4 Å². The van der Waals surface area contributed by atoms with Gasteiger partial charge in [-0.2, -0.15) is 0 Å². The Labute approximate surface area is 133 Å². The lowest BCUT2D eigenvalue weighted by Crippen LogP contribution is -2.31. The van der Waals surface area contributed by atoms with Crippen molar-refractivity contribution in [3.8, 4) is 0 Å². The van der Waals surface area contributed by atoms with Gasteiger partial charge in [0.25, 0.3) is 0 Å². The van der Waals surface area contributed by atoms with Crippen LogP contribution in [0.1, 0.15) is 31.7 Å². The van der Waals surface area contributed by atoms with Crippen LogP contribution < -0.4 is 5.32 Å². The number of nitrogens with one attached hydrogen (secondary N) is 1. The number of carbonyl (C=O) groups excluding carboxylic acids is 1. The zero-order valence-corrected chi connectivity index (χ0v) is 13.1. The number of halogens is 2. The van der Waals surface area contributed by atoms with Gasteiger partial charge >= 0.3 is 5.97 Å². The quantitative estimate of drug-likeness (QED) is 0.748. The molecule has 1 unspecified atom stereocenters. The van der Waals surface area contributed by atoms with E-state index in [2.05, 4.69) is 5.32 Å². The van der Waals surface area contributed by atoms with Gasteiger partial charge in [0, 0.05) is 34.1 Å². The normalized spacial score (nSPS) is 12.3. The van der Waals surface area contributed by atoms with E-state index in [-0.39, 0.29) is 18.4 Å². The number of amides is 1. The summed E-state index contributed by atoms with van der Waals surface area (Å²) in [5.41, 5.74) is 0.592. The Bertz CT molecular complexity index is 523. The zero-order valence-electron chi connectivity index (χ0n) is 11.6. The average Bonchev–Trinajstić information content (AvgIpc) is 2.37. The van der Waals surface area contributed by atoms with Crippen molar-refractivity contribution in [2.75, 3.05) is 0 Å². The highest BCUT2D eigenvalue weighted by atomic mass is 35.5. The second-order valence-electron chi connectivity index (χ2n) is 4.66. The molecule has 0 bridgehead atoms. The summed E-state index contributed by atoms with van der Waals surface area (Å²) in [5.74, 6) is -1.10. The van der Waals surface area contributed by atoms with Gasteiger partial charge in [0.05, 0.1) is 0 Å². The molecule has 0 aliphatic carbocycles. The minimum absolute atomic E-state index is 0.0942. The van der Waals surface area contributed by atoms with Gasteiger partial charge in [-0.3, -0.25) is 9.59 Å². The molecule has 0 aliphatic heterocycles. The van der Waals surface area contributed by atoms with E-state index in [4.69, 9.17) is 28.3 Å². The van der Waals surface area contributed by atoms with Crippen LogP contribution in [-0.2, 0) is 9.59 Å². The van der Waals surface area contributed by atoms with Gasteiger partial charge in [-0.15, -0.1) is 0 Å². The van der Waals surface area contributed by atoms with Gasteiger partial charge in [-0.25, -0.2) is 0 Å². The van der Waals surface area contributed by atoms with Crippen molar-refractivity contribution >= 4 is 41.2 Å². The van der Waals surface area contributed by atoms with E-state index in [0.29, 0.717) is 28.5 Å². The lowest BCUT2D eigenvalue weighted by Gasteiger charge is -2.11. The highest BCUT2D eigenvalue weighted by molar-refractivity contribution is 6.37. The van der Waals surface area contributed by atoms with Crippen LogP contribution in [0.25, 0.3) is 6.08 Å². The summed E-state index contributed by atoms with van der Waals surface area (Å²) in [6.45, 7) is 1.83. The molecule has 0 spiro atoms. The van der Waals surface area contributed by atoms with E-state index < -0.39 is 5.97 Å². The third kappa shape index (κ3) is 6.65. The van der Waals surface area contributed by atoms with Crippen LogP contribution in [0.5, 0.6) is 0 Å². The number of carboxylic acids is 1. The predicted octanol–water partition coefficient (Wildman–Crippen LogP) is 3.77. The molecular formula is C15H17Cl2NO3. The number of benzene rings is 1. The Kier molecular flexibility index (Phi) is 7.26. The van der Waals surface area contributed by atoms with Crippen molar-refractivity contribution in [3.63, 3.8) is 0 Å². The van der Waals surface area contributed by atoms with Crippen LogP contribution in [0.2, 0.25) is 10.0 Å². The first-order valence-electron chi connectivity index (χ1n) is 6.54. The second kappa shape index (κ2) is 8.70. The largest absolute Gasteiger partial charge is 0.481 e. The van der Waals surface area contributed by atoms with Crippen LogP contribution in [0.15, 0.2) is 24.3 Å². The standard InChI is InChI=1S/C15H17Cl2NO3/c1-10(4-2-7-15(20)21)18-14(19)9-8-11-12(16)5-3-6-13(11)17/h3,5-6,8-10H,2,4,7H2,1H3,(H,18,19)(H,20,21)/b9-8+. The van der Waals surface area contributed by atoms with E-state index in [9.17, 15) is 9.59 Å². The van der Waals surface area contributed by atoms with Gasteiger partial charge in [0.15, 0.2) is 0 Å². The second-order valence-corrected chi connectivity index (χ2v) is 5.48. The first-order chi connectivity index (χ1) is 9.90. The molecule has 4 nitrogen and oxygen atoms in total. The number of hydrogen-bond acceptors (Lipinski definition) is 2. The molecule has 0 fully saturated rings. The summed E-state index contributed by atoms with van der Waals surface area (Å²) in [4.78, 5) is 22.1. The topological polar surface area (TPSA) is 66.4 Å². The smallest absolute Gasteiger partial charge is 0.303 e. The zero-order chi connectivity index (χ0) is 15.8. The maximum atomic E-state index is 11.7. The molecule has 1 atom stereocenters. The summed E-state index contributed by atoms with van der Waals surface area (Å²) in [6.07, 6.45) is 4.16. The Morgan fingerprint density at radius 2 is 1.95 bits per heavy atom. The van der Waals surface area contributed by atoms with Crippen LogP contribution >= 0.6 is 23.2 Å². The van der Waals surface area contributed by atoms with E-state index >= 15 is 0 Å². The lowest BCUT2D eigenvalue weighted by molar-refractivity contribution is -0.137. The molecule has 0 saturated carbocycles. The summed E-state index contributed by atoms with van der Waals surface area (Å²) < 4.78 is 0. The maximum absolute atomic E-state index is 11.7. The molecule has 1 amide bonds. The van der Waals surface area contributed by atoms with Gasteiger partial charge in [-0.1, -0.05) is 29.3 Å². The molecule has 0 aliphatic rings. The highest BCUT2D eigenvalue weighted by Crippen LogP contribution is 2.25. The van der Waals surface area contributed by atoms with E-state index in [0.717, 1.165) is 0 Å². The maximum Gasteiger partial charge on any atom is 0.303 e. The highest BCUT2D eigenvalue weighted by Gasteiger charge is 2.07. The molecule has 114 valence electrons. The molecule has 1 aromatic carbocycles. The number of rotatable bonds is 7. The first kappa shape index (κ1) is 17.5. The lowest BCUT2D eigenvalue weighted by atomic mass is 10.1. The Morgan fingerprint density at radius 3 is 2.52 bits per heavy atom. The predicted molar refractivity (Wildman–Crippen MR) is 84.6 cm³/mol. The van der Waals surface area contributed by atoms with Crippen LogP contribution in [0.3, 0.4) is 0 Å². The monoisotopic (exact) mass is 329 g/mol. The SMILES string of the molecule is CC(CCCC(=O)O)NC(=O)/C=C/c1c(Cl)cccc1Cl. The minimum atomic E-state index is -0.832. The number of aliphatic carboxylic acids is 1. The summed E-state index contributed by atoms with van der Waals surface area (Å²) in [5, 5.41) is 12.3. The third-order valence-corrected chi connectivity index (χ3v) is 3.48. The molecule has 2 N–H and O–H groups in total. The summed E-state index contributed by atoms with van der Waals surface area (Å²) in [7, 11) is 0. The fourth-order valence-electron chi connectivity index (χ4n) is 1.75. The van der Waals surface area contributed by atoms with Crippen molar-refractivity contribution in [1.29, 1.82) is 0 Å². The molecule has 0 radical (unpaired) electrons. The van der Waals surface area contributed by atoms with Crippen molar-refractivity contribution in [3.05, 3.63) is 39.9 Å². The molecular weight excluding hydrogens is 313 g/mol. The van der Waals surface area contributed by atoms with E-state index in [1.54, 1.807) is 24.3 Å².